The normalized spacial score (nSPS) is 21.8. The van der Waals surface area contributed by atoms with Gasteiger partial charge in [-0.05, 0) is 31.0 Å². The van der Waals surface area contributed by atoms with Crippen molar-refractivity contribution in [2.75, 3.05) is 17.6 Å². The fourth-order valence-electron chi connectivity index (χ4n) is 2.36. The maximum atomic E-state index is 13.0. The molecule has 2 heterocycles. The number of hydrogen-bond donors (Lipinski definition) is 2. The van der Waals surface area contributed by atoms with Crippen LogP contribution in [0.4, 0.5) is 10.3 Å². The van der Waals surface area contributed by atoms with E-state index in [9.17, 15) is 12.8 Å². The highest BCUT2D eigenvalue weighted by molar-refractivity contribution is 7.92. The third-order valence-corrected chi connectivity index (χ3v) is 5.68. The van der Waals surface area contributed by atoms with Crippen LogP contribution in [-0.2, 0) is 9.84 Å². The zero-order chi connectivity index (χ0) is 13.5. The molecule has 3 rings (SSSR count). The van der Waals surface area contributed by atoms with Crippen LogP contribution in [0.2, 0.25) is 0 Å². The van der Waals surface area contributed by atoms with Crippen LogP contribution in [0, 0.1) is 5.82 Å². The van der Waals surface area contributed by atoms with Gasteiger partial charge >= 0.3 is 0 Å². The fraction of sp³-hybridized carbons (Fsp3) is 0.417. The van der Waals surface area contributed by atoms with Gasteiger partial charge in [0, 0.05) is 6.54 Å². The van der Waals surface area contributed by atoms with Crippen molar-refractivity contribution in [3.63, 3.8) is 0 Å². The minimum absolute atomic E-state index is 0.269. The van der Waals surface area contributed by atoms with E-state index in [1.54, 1.807) is 6.07 Å². The molecule has 0 bridgehead atoms. The number of imidazole rings is 1. The van der Waals surface area contributed by atoms with Crippen molar-refractivity contribution in [1.29, 1.82) is 0 Å². The number of rotatable bonds is 3. The van der Waals surface area contributed by atoms with E-state index in [2.05, 4.69) is 15.3 Å². The van der Waals surface area contributed by atoms with E-state index >= 15 is 0 Å². The minimum Gasteiger partial charge on any atom is -0.354 e. The van der Waals surface area contributed by atoms with Crippen LogP contribution in [0.15, 0.2) is 18.2 Å². The monoisotopic (exact) mass is 283 g/mol. The van der Waals surface area contributed by atoms with Crippen LogP contribution < -0.4 is 5.32 Å². The number of H-pyrrole nitrogens is 1. The van der Waals surface area contributed by atoms with Crippen LogP contribution >= 0.6 is 0 Å². The molecule has 19 heavy (non-hydrogen) atoms. The summed E-state index contributed by atoms with van der Waals surface area (Å²) in [6, 6.07) is 4.28. The third-order valence-electron chi connectivity index (χ3n) is 3.40. The first-order valence-electron chi connectivity index (χ1n) is 6.15. The summed E-state index contributed by atoms with van der Waals surface area (Å²) >= 11 is 0. The van der Waals surface area contributed by atoms with E-state index in [1.807, 2.05) is 0 Å². The average molecular weight is 283 g/mol. The van der Waals surface area contributed by atoms with Crippen LogP contribution in [0.25, 0.3) is 11.0 Å². The second-order valence-electron chi connectivity index (χ2n) is 4.76. The summed E-state index contributed by atoms with van der Waals surface area (Å²) in [4.78, 5) is 7.17. The number of hydrogen-bond acceptors (Lipinski definition) is 4. The summed E-state index contributed by atoms with van der Waals surface area (Å²) in [6.07, 6.45) is 1.41. The van der Waals surface area contributed by atoms with Crippen molar-refractivity contribution in [3.8, 4) is 0 Å². The molecule has 0 aliphatic carbocycles. The molecule has 2 N–H and O–H groups in total. The van der Waals surface area contributed by atoms with E-state index in [-0.39, 0.29) is 16.8 Å². The van der Waals surface area contributed by atoms with E-state index in [0.717, 1.165) is 6.42 Å². The minimum atomic E-state index is -2.96. The van der Waals surface area contributed by atoms with Gasteiger partial charge in [0.05, 0.1) is 22.0 Å². The number of nitrogens with one attached hydrogen (secondary N) is 2. The van der Waals surface area contributed by atoms with Gasteiger partial charge in [-0.25, -0.2) is 17.8 Å². The lowest BCUT2D eigenvalue weighted by molar-refractivity contribution is 0.591. The Bertz CT molecular complexity index is 711. The molecule has 1 fully saturated rings. The second kappa shape index (κ2) is 4.48. The zero-order valence-corrected chi connectivity index (χ0v) is 11.0. The molecule has 1 atom stereocenters. The van der Waals surface area contributed by atoms with E-state index in [0.29, 0.717) is 29.9 Å². The molecule has 0 amide bonds. The molecule has 1 saturated heterocycles. The van der Waals surface area contributed by atoms with E-state index < -0.39 is 9.84 Å². The molecule has 2 aromatic rings. The average Bonchev–Trinajstić information content (AvgIpc) is 2.88. The Kier molecular flexibility index (Phi) is 2.93. The lowest BCUT2D eigenvalue weighted by Gasteiger charge is -2.09. The Morgan fingerprint density at radius 2 is 2.32 bits per heavy atom. The van der Waals surface area contributed by atoms with Gasteiger partial charge in [-0.1, -0.05) is 0 Å². The molecule has 102 valence electrons. The highest BCUT2D eigenvalue weighted by atomic mass is 32.2. The summed E-state index contributed by atoms with van der Waals surface area (Å²) in [7, 11) is -2.96. The van der Waals surface area contributed by atoms with Crippen molar-refractivity contribution in [2.24, 2.45) is 0 Å². The van der Waals surface area contributed by atoms with Gasteiger partial charge in [0.25, 0.3) is 0 Å². The first kappa shape index (κ1) is 12.4. The lowest BCUT2D eigenvalue weighted by Crippen LogP contribution is -2.25. The number of anilines is 1. The number of benzene rings is 1. The Hall–Kier alpha value is -1.63. The molecule has 0 saturated carbocycles. The fourth-order valence-corrected chi connectivity index (χ4v) is 4.13. The first-order valence-corrected chi connectivity index (χ1v) is 7.87. The van der Waals surface area contributed by atoms with Crippen LogP contribution in [0.1, 0.15) is 12.8 Å². The van der Waals surface area contributed by atoms with Crippen molar-refractivity contribution in [2.45, 2.75) is 18.1 Å². The Balaban J connectivity index is 1.75. The molecule has 1 aromatic carbocycles. The summed E-state index contributed by atoms with van der Waals surface area (Å²) in [5.41, 5.74) is 1.25. The van der Waals surface area contributed by atoms with Crippen LogP contribution in [0.5, 0.6) is 0 Å². The highest BCUT2D eigenvalue weighted by Gasteiger charge is 2.30. The second-order valence-corrected chi connectivity index (χ2v) is 7.16. The SMILES string of the molecule is O=S1(=O)CCCC1CNc1nc2ccc(F)cc2[nH]1. The Morgan fingerprint density at radius 3 is 3.05 bits per heavy atom. The third kappa shape index (κ3) is 2.42. The summed E-state index contributed by atoms with van der Waals surface area (Å²) in [5, 5.41) is 2.63. The topological polar surface area (TPSA) is 74.8 Å². The van der Waals surface area contributed by atoms with E-state index in [4.69, 9.17) is 0 Å². The molecule has 1 aliphatic heterocycles. The number of fused-ring (bicyclic) bond motifs is 1. The highest BCUT2D eigenvalue weighted by Crippen LogP contribution is 2.21. The molecule has 1 aromatic heterocycles. The summed E-state index contributed by atoms with van der Waals surface area (Å²) in [5.74, 6) is 0.411. The van der Waals surface area contributed by atoms with Gasteiger partial charge in [0.2, 0.25) is 5.95 Å². The largest absolute Gasteiger partial charge is 0.354 e. The number of aromatic amines is 1. The summed E-state index contributed by atoms with van der Waals surface area (Å²) < 4.78 is 36.4. The quantitative estimate of drug-likeness (QED) is 0.899. The number of halogens is 1. The molecular formula is C12H14FN3O2S. The van der Waals surface area contributed by atoms with Crippen molar-refractivity contribution in [1.82, 2.24) is 9.97 Å². The Morgan fingerprint density at radius 1 is 1.47 bits per heavy atom. The standard InChI is InChI=1S/C12H14FN3O2S/c13-8-3-4-10-11(6-8)16-12(15-10)14-7-9-2-1-5-19(9,17)18/h3-4,6,9H,1-2,5,7H2,(H2,14,15,16). The number of sulfone groups is 1. The van der Waals surface area contributed by atoms with Gasteiger partial charge in [-0.15, -0.1) is 0 Å². The maximum Gasteiger partial charge on any atom is 0.201 e. The molecule has 5 nitrogen and oxygen atoms in total. The molecular weight excluding hydrogens is 269 g/mol. The van der Waals surface area contributed by atoms with Crippen molar-refractivity contribution < 1.29 is 12.8 Å². The predicted octanol–water partition coefficient (Wildman–Crippen LogP) is 1.69. The van der Waals surface area contributed by atoms with Crippen molar-refractivity contribution in [3.05, 3.63) is 24.0 Å². The predicted molar refractivity (Wildman–Crippen MR) is 71.4 cm³/mol. The van der Waals surface area contributed by atoms with E-state index in [1.165, 1.54) is 12.1 Å². The van der Waals surface area contributed by atoms with Gasteiger partial charge in [-0.2, -0.15) is 0 Å². The number of aromatic nitrogens is 2. The first-order chi connectivity index (χ1) is 9.04. The lowest BCUT2D eigenvalue weighted by atomic mass is 10.2. The molecule has 1 aliphatic rings. The van der Waals surface area contributed by atoms with Crippen LogP contribution in [0.3, 0.4) is 0 Å². The molecule has 0 radical (unpaired) electrons. The van der Waals surface area contributed by atoms with Crippen LogP contribution in [-0.4, -0.2) is 35.9 Å². The van der Waals surface area contributed by atoms with Gasteiger partial charge in [0.1, 0.15) is 5.82 Å². The molecule has 1 unspecified atom stereocenters. The smallest absolute Gasteiger partial charge is 0.201 e. The number of nitrogens with zero attached hydrogens (tertiary/aromatic N) is 1. The molecule has 7 heteroatoms. The summed E-state index contributed by atoms with van der Waals surface area (Å²) in [6.45, 7) is 0.338. The van der Waals surface area contributed by atoms with Crippen molar-refractivity contribution >= 4 is 26.8 Å². The maximum absolute atomic E-state index is 13.0. The van der Waals surface area contributed by atoms with Gasteiger partial charge in [0.15, 0.2) is 9.84 Å². The Labute approximate surface area is 110 Å². The van der Waals surface area contributed by atoms with Gasteiger partial charge < -0.3 is 10.3 Å². The zero-order valence-electron chi connectivity index (χ0n) is 10.2. The van der Waals surface area contributed by atoms with Gasteiger partial charge in [-0.3, -0.25) is 0 Å². The molecule has 0 spiro atoms.